The number of sulfonamides is 1. The molecule has 9 heteroatoms. The summed E-state index contributed by atoms with van der Waals surface area (Å²) >= 11 is 0. The molecule has 0 aliphatic rings. The Morgan fingerprint density at radius 3 is 2.29 bits per heavy atom. The van der Waals surface area contributed by atoms with Crippen molar-refractivity contribution in [2.45, 2.75) is 17.7 Å². The number of rotatable bonds is 10. The lowest BCUT2D eigenvalue weighted by Gasteiger charge is -2.22. The van der Waals surface area contributed by atoms with E-state index in [4.69, 9.17) is 5.73 Å². The lowest BCUT2D eigenvalue weighted by Crippen LogP contribution is -2.38. The number of nitrogens with two attached hydrogens (primary N) is 1. The first-order chi connectivity index (χ1) is 12.9. The van der Waals surface area contributed by atoms with E-state index in [0.717, 1.165) is 17.7 Å². The van der Waals surface area contributed by atoms with Crippen LogP contribution in [0.25, 0.3) is 0 Å². The molecular formula is C19H25ClFN3O3S. The highest BCUT2D eigenvalue weighted by atomic mass is 35.5. The molecule has 28 heavy (non-hydrogen) atoms. The molecule has 0 unspecified atom stereocenters. The van der Waals surface area contributed by atoms with Gasteiger partial charge in [-0.25, -0.2) is 17.5 Å². The van der Waals surface area contributed by atoms with Crippen LogP contribution in [-0.2, 0) is 21.2 Å². The number of carbonyl (C=O) groups is 1. The second kappa shape index (κ2) is 11.8. The first-order valence-corrected chi connectivity index (χ1v) is 10.2. The van der Waals surface area contributed by atoms with Gasteiger partial charge in [-0.3, -0.25) is 4.79 Å². The molecule has 0 aromatic heterocycles. The van der Waals surface area contributed by atoms with Gasteiger partial charge in [0.05, 0.1) is 4.90 Å². The molecular weight excluding hydrogens is 405 g/mol. The molecule has 3 N–H and O–H groups in total. The van der Waals surface area contributed by atoms with E-state index in [2.05, 4.69) is 4.72 Å². The van der Waals surface area contributed by atoms with Gasteiger partial charge in [-0.2, -0.15) is 0 Å². The summed E-state index contributed by atoms with van der Waals surface area (Å²) in [4.78, 5) is 14.0. The Kier molecular flexibility index (Phi) is 10.1. The highest BCUT2D eigenvalue weighted by molar-refractivity contribution is 7.89. The van der Waals surface area contributed by atoms with Gasteiger partial charge < -0.3 is 10.6 Å². The van der Waals surface area contributed by atoms with Crippen LogP contribution in [-0.4, -0.2) is 45.4 Å². The van der Waals surface area contributed by atoms with Crippen LogP contribution >= 0.6 is 12.4 Å². The Morgan fingerprint density at radius 2 is 1.68 bits per heavy atom. The topological polar surface area (TPSA) is 92.5 Å². The molecule has 0 aliphatic carbocycles. The average Bonchev–Trinajstić information content (AvgIpc) is 2.66. The summed E-state index contributed by atoms with van der Waals surface area (Å²) < 4.78 is 39.6. The Morgan fingerprint density at radius 1 is 1.04 bits per heavy atom. The van der Waals surface area contributed by atoms with Crippen LogP contribution < -0.4 is 10.5 Å². The van der Waals surface area contributed by atoms with E-state index in [1.54, 1.807) is 4.90 Å². The number of nitrogens with one attached hydrogen (secondary N) is 1. The molecule has 0 spiro atoms. The highest BCUT2D eigenvalue weighted by Gasteiger charge is 2.16. The lowest BCUT2D eigenvalue weighted by atomic mass is 10.1. The van der Waals surface area contributed by atoms with Gasteiger partial charge in [-0.15, -0.1) is 12.4 Å². The lowest BCUT2D eigenvalue weighted by molar-refractivity contribution is -0.130. The van der Waals surface area contributed by atoms with Crippen molar-refractivity contribution in [1.29, 1.82) is 0 Å². The third kappa shape index (κ3) is 7.55. The summed E-state index contributed by atoms with van der Waals surface area (Å²) in [5.41, 5.74) is 6.70. The highest BCUT2D eigenvalue weighted by Crippen LogP contribution is 2.09. The molecule has 1 amide bonds. The number of halogens is 2. The summed E-state index contributed by atoms with van der Waals surface area (Å²) in [6.07, 6.45) is 0.725. The summed E-state index contributed by atoms with van der Waals surface area (Å²) in [7, 11) is -3.78. The summed E-state index contributed by atoms with van der Waals surface area (Å²) in [6, 6.07) is 14.3. The van der Waals surface area contributed by atoms with E-state index in [0.29, 0.717) is 26.1 Å². The smallest absolute Gasteiger partial charge is 0.240 e. The van der Waals surface area contributed by atoms with Crippen molar-refractivity contribution in [1.82, 2.24) is 9.62 Å². The number of amides is 1. The van der Waals surface area contributed by atoms with Crippen molar-refractivity contribution in [2.24, 2.45) is 5.73 Å². The van der Waals surface area contributed by atoms with Crippen molar-refractivity contribution in [3.8, 4) is 0 Å². The number of carbonyl (C=O) groups excluding carboxylic acids is 1. The molecule has 0 heterocycles. The fraction of sp³-hybridized carbons (Fsp3) is 0.316. The first-order valence-electron chi connectivity index (χ1n) is 8.69. The van der Waals surface area contributed by atoms with Crippen molar-refractivity contribution in [3.63, 3.8) is 0 Å². The first kappa shape index (κ1) is 24.0. The maximum Gasteiger partial charge on any atom is 0.240 e. The van der Waals surface area contributed by atoms with E-state index >= 15 is 0 Å². The third-order valence-corrected chi connectivity index (χ3v) is 5.50. The van der Waals surface area contributed by atoms with E-state index in [-0.39, 0.29) is 36.2 Å². The molecule has 0 fully saturated rings. The van der Waals surface area contributed by atoms with Crippen LogP contribution in [0.2, 0.25) is 0 Å². The Labute approximate surface area is 171 Å². The summed E-state index contributed by atoms with van der Waals surface area (Å²) in [5.74, 6) is -0.682. The quantitative estimate of drug-likeness (QED) is 0.603. The minimum absolute atomic E-state index is 0. The number of hydrogen-bond acceptors (Lipinski definition) is 4. The van der Waals surface area contributed by atoms with Gasteiger partial charge in [0.1, 0.15) is 5.82 Å². The maximum atomic E-state index is 12.9. The molecule has 0 bridgehead atoms. The van der Waals surface area contributed by atoms with E-state index < -0.39 is 15.8 Å². The van der Waals surface area contributed by atoms with Gasteiger partial charge in [-0.05, 0) is 36.2 Å². The molecule has 0 radical (unpaired) electrons. The largest absolute Gasteiger partial charge is 0.341 e. The number of benzene rings is 2. The fourth-order valence-electron chi connectivity index (χ4n) is 2.57. The monoisotopic (exact) mass is 429 g/mol. The van der Waals surface area contributed by atoms with Crippen molar-refractivity contribution in [3.05, 3.63) is 66.0 Å². The minimum Gasteiger partial charge on any atom is -0.341 e. The number of hydrogen-bond donors (Lipinski definition) is 2. The molecule has 0 saturated heterocycles. The second-order valence-corrected chi connectivity index (χ2v) is 7.77. The van der Waals surface area contributed by atoms with E-state index in [9.17, 15) is 17.6 Å². The third-order valence-electron chi connectivity index (χ3n) is 4.02. The zero-order valence-electron chi connectivity index (χ0n) is 15.4. The molecule has 0 saturated carbocycles. The van der Waals surface area contributed by atoms with Gasteiger partial charge in [0.15, 0.2) is 0 Å². The van der Waals surface area contributed by atoms with Crippen LogP contribution in [0.3, 0.4) is 0 Å². The molecule has 0 atom stereocenters. The molecule has 0 aliphatic heterocycles. The Hall–Kier alpha value is -2.00. The molecule has 154 valence electrons. The van der Waals surface area contributed by atoms with Gasteiger partial charge in [-0.1, -0.05) is 30.3 Å². The minimum atomic E-state index is -3.78. The Bertz CT molecular complexity index is 833. The average molecular weight is 430 g/mol. The summed E-state index contributed by atoms with van der Waals surface area (Å²) in [6.45, 7) is 1.23. The van der Waals surface area contributed by atoms with Crippen LogP contribution in [0.1, 0.15) is 12.0 Å². The zero-order chi connectivity index (χ0) is 19.7. The SMILES string of the molecule is Cl.NCCN(CCc1ccccc1)C(=O)CCNS(=O)(=O)c1ccc(F)cc1. The van der Waals surface area contributed by atoms with Crippen LogP contribution in [0.4, 0.5) is 4.39 Å². The summed E-state index contributed by atoms with van der Waals surface area (Å²) in [5, 5.41) is 0. The number of nitrogens with zero attached hydrogens (tertiary/aromatic N) is 1. The molecule has 2 rings (SSSR count). The van der Waals surface area contributed by atoms with E-state index in [1.165, 1.54) is 12.1 Å². The Balaban J connectivity index is 0.00000392. The van der Waals surface area contributed by atoms with Crippen molar-refractivity contribution < 1.29 is 17.6 Å². The molecule has 2 aromatic carbocycles. The van der Waals surface area contributed by atoms with Gasteiger partial charge >= 0.3 is 0 Å². The van der Waals surface area contributed by atoms with E-state index in [1.807, 2.05) is 30.3 Å². The van der Waals surface area contributed by atoms with Crippen molar-refractivity contribution in [2.75, 3.05) is 26.2 Å². The van der Waals surface area contributed by atoms with Gasteiger partial charge in [0.2, 0.25) is 15.9 Å². The van der Waals surface area contributed by atoms with Crippen LogP contribution in [0.15, 0.2) is 59.5 Å². The fourth-order valence-corrected chi connectivity index (χ4v) is 3.61. The molecule has 2 aromatic rings. The van der Waals surface area contributed by atoms with Crippen LogP contribution in [0, 0.1) is 5.82 Å². The standard InChI is InChI=1S/C19H24FN3O3S.ClH/c20-17-6-8-18(9-7-17)27(25,26)22-13-10-19(24)23(15-12-21)14-11-16-4-2-1-3-5-16;/h1-9,22H,10-15,21H2;1H. The van der Waals surface area contributed by atoms with Gasteiger partial charge in [0.25, 0.3) is 0 Å². The predicted molar refractivity (Wildman–Crippen MR) is 109 cm³/mol. The predicted octanol–water partition coefficient (Wildman–Crippen LogP) is 1.95. The maximum absolute atomic E-state index is 12.9. The van der Waals surface area contributed by atoms with Crippen LogP contribution in [0.5, 0.6) is 0 Å². The molecule has 6 nitrogen and oxygen atoms in total. The van der Waals surface area contributed by atoms with Crippen molar-refractivity contribution >= 4 is 28.3 Å². The second-order valence-electron chi connectivity index (χ2n) is 6.01. The normalized spacial score (nSPS) is 10.9. The van der Waals surface area contributed by atoms with Gasteiger partial charge in [0, 0.05) is 32.6 Å². The zero-order valence-corrected chi connectivity index (χ0v) is 17.0.